The van der Waals surface area contributed by atoms with E-state index in [9.17, 15) is 9.18 Å². The van der Waals surface area contributed by atoms with Gasteiger partial charge in [-0.05, 0) is 31.9 Å². The number of nitrogens with one attached hydrogen (secondary N) is 1. The third-order valence-electron chi connectivity index (χ3n) is 3.88. The summed E-state index contributed by atoms with van der Waals surface area (Å²) in [7, 11) is 0. The SMILES string of the molecule is Cc1oc(-c2ccccc2F)nc1CCNC(=O)C1CCCO1. The highest BCUT2D eigenvalue weighted by Gasteiger charge is 2.23. The minimum atomic E-state index is -0.369. The molecular weight excluding hydrogens is 299 g/mol. The van der Waals surface area contributed by atoms with E-state index < -0.39 is 0 Å². The van der Waals surface area contributed by atoms with Crippen LogP contribution in [0.1, 0.15) is 24.3 Å². The number of oxazole rings is 1. The molecule has 3 rings (SSSR count). The van der Waals surface area contributed by atoms with Crippen molar-refractivity contribution >= 4 is 5.91 Å². The second kappa shape index (κ2) is 6.91. The second-order valence-electron chi connectivity index (χ2n) is 5.54. The molecule has 1 aromatic carbocycles. The predicted molar refractivity (Wildman–Crippen MR) is 82.3 cm³/mol. The first-order valence-electron chi connectivity index (χ1n) is 7.75. The largest absolute Gasteiger partial charge is 0.441 e. The van der Waals surface area contributed by atoms with Crippen molar-refractivity contribution in [2.45, 2.75) is 32.3 Å². The number of ether oxygens (including phenoxy) is 1. The maximum atomic E-state index is 13.8. The van der Waals surface area contributed by atoms with Crippen LogP contribution in [0.3, 0.4) is 0 Å². The zero-order valence-corrected chi connectivity index (χ0v) is 13.0. The molecule has 1 N–H and O–H groups in total. The Kier molecular flexibility index (Phi) is 4.71. The van der Waals surface area contributed by atoms with Crippen LogP contribution in [0.15, 0.2) is 28.7 Å². The summed E-state index contributed by atoms with van der Waals surface area (Å²) >= 11 is 0. The zero-order chi connectivity index (χ0) is 16.2. The summed E-state index contributed by atoms with van der Waals surface area (Å²) in [6, 6.07) is 6.36. The van der Waals surface area contributed by atoms with Gasteiger partial charge in [-0.25, -0.2) is 9.37 Å². The molecule has 0 bridgehead atoms. The molecule has 5 nitrogen and oxygen atoms in total. The van der Waals surface area contributed by atoms with Crippen molar-refractivity contribution in [3.63, 3.8) is 0 Å². The molecule has 0 saturated carbocycles. The molecule has 1 unspecified atom stereocenters. The monoisotopic (exact) mass is 318 g/mol. The van der Waals surface area contributed by atoms with Crippen LogP contribution in [-0.4, -0.2) is 30.1 Å². The van der Waals surface area contributed by atoms with Crippen LogP contribution in [0.2, 0.25) is 0 Å². The predicted octanol–water partition coefficient (Wildman–Crippen LogP) is 2.63. The molecule has 122 valence electrons. The Morgan fingerprint density at radius 2 is 2.26 bits per heavy atom. The van der Waals surface area contributed by atoms with E-state index in [4.69, 9.17) is 9.15 Å². The Labute approximate surface area is 133 Å². The number of hydrogen-bond acceptors (Lipinski definition) is 4. The van der Waals surface area contributed by atoms with Gasteiger partial charge < -0.3 is 14.5 Å². The van der Waals surface area contributed by atoms with E-state index in [0.29, 0.717) is 30.9 Å². The molecule has 1 aliphatic heterocycles. The van der Waals surface area contributed by atoms with Gasteiger partial charge in [-0.2, -0.15) is 0 Å². The van der Waals surface area contributed by atoms with Gasteiger partial charge in [-0.3, -0.25) is 4.79 Å². The van der Waals surface area contributed by atoms with Crippen LogP contribution >= 0.6 is 0 Å². The lowest BCUT2D eigenvalue weighted by Gasteiger charge is -2.09. The quantitative estimate of drug-likeness (QED) is 0.920. The summed E-state index contributed by atoms with van der Waals surface area (Å²) < 4.78 is 24.7. The average Bonchev–Trinajstić information content (AvgIpc) is 3.18. The number of rotatable bonds is 5. The van der Waals surface area contributed by atoms with Crippen molar-refractivity contribution in [1.29, 1.82) is 0 Å². The van der Waals surface area contributed by atoms with Gasteiger partial charge in [0.1, 0.15) is 17.7 Å². The highest BCUT2D eigenvalue weighted by Crippen LogP contribution is 2.24. The first-order chi connectivity index (χ1) is 11.1. The number of benzene rings is 1. The van der Waals surface area contributed by atoms with Crippen molar-refractivity contribution in [1.82, 2.24) is 10.3 Å². The number of aromatic nitrogens is 1. The molecular formula is C17H19FN2O3. The zero-order valence-electron chi connectivity index (χ0n) is 13.0. The summed E-state index contributed by atoms with van der Waals surface area (Å²) in [5.74, 6) is 0.445. The summed E-state index contributed by atoms with van der Waals surface area (Å²) in [4.78, 5) is 16.2. The average molecular weight is 318 g/mol. The van der Waals surface area contributed by atoms with Crippen LogP contribution in [0.25, 0.3) is 11.5 Å². The van der Waals surface area contributed by atoms with Crippen molar-refractivity contribution in [3.8, 4) is 11.5 Å². The number of carbonyl (C=O) groups is 1. The Balaban J connectivity index is 1.61. The van der Waals surface area contributed by atoms with Crippen molar-refractivity contribution < 1.29 is 18.3 Å². The van der Waals surface area contributed by atoms with Gasteiger partial charge in [0.25, 0.3) is 0 Å². The molecule has 2 heterocycles. The molecule has 1 saturated heterocycles. The smallest absolute Gasteiger partial charge is 0.249 e. The summed E-state index contributed by atoms with van der Waals surface area (Å²) in [5, 5.41) is 2.84. The Bertz CT molecular complexity index is 693. The molecule has 0 spiro atoms. The number of halogens is 1. The van der Waals surface area contributed by atoms with Crippen molar-refractivity contribution in [3.05, 3.63) is 41.5 Å². The standard InChI is InChI=1S/C17H19FN2O3/c1-11-14(8-9-19-16(21)15-7-4-10-22-15)20-17(23-11)12-5-2-3-6-13(12)18/h2-3,5-6,15H,4,7-10H2,1H3,(H,19,21). The molecule has 1 aliphatic rings. The van der Waals surface area contributed by atoms with Crippen LogP contribution in [0, 0.1) is 12.7 Å². The number of hydrogen-bond donors (Lipinski definition) is 1. The third kappa shape index (κ3) is 3.59. The molecule has 23 heavy (non-hydrogen) atoms. The summed E-state index contributed by atoms with van der Waals surface area (Å²) in [6.45, 7) is 2.88. The molecule has 1 atom stereocenters. The third-order valence-corrected chi connectivity index (χ3v) is 3.88. The highest BCUT2D eigenvalue weighted by atomic mass is 19.1. The number of aryl methyl sites for hydroxylation is 1. The topological polar surface area (TPSA) is 64.4 Å². The summed E-state index contributed by atoms with van der Waals surface area (Å²) in [5.41, 5.74) is 1.06. The van der Waals surface area contributed by atoms with E-state index in [0.717, 1.165) is 18.5 Å². The van der Waals surface area contributed by atoms with E-state index in [-0.39, 0.29) is 23.7 Å². The normalized spacial score (nSPS) is 17.4. The van der Waals surface area contributed by atoms with Gasteiger partial charge in [0, 0.05) is 19.6 Å². The van der Waals surface area contributed by atoms with E-state index >= 15 is 0 Å². The van der Waals surface area contributed by atoms with Gasteiger partial charge in [0.2, 0.25) is 11.8 Å². The Hall–Kier alpha value is -2.21. The molecule has 1 amide bonds. The van der Waals surface area contributed by atoms with Gasteiger partial charge in [-0.1, -0.05) is 12.1 Å². The second-order valence-corrected chi connectivity index (χ2v) is 5.54. The van der Waals surface area contributed by atoms with E-state index in [2.05, 4.69) is 10.3 Å². The maximum absolute atomic E-state index is 13.8. The Morgan fingerprint density at radius 3 is 3.00 bits per heavy atom. The van der Waals surface area contributed by atoms with Crippen LogP contribution < -0.4 is 5.32 Å². The summed E-state index contributed by atoms with van der Waals surface area (Å²) in [6.07, 6.45) is 1.89. The van der Waals surface area contributed by atoms with E-state index in [1.807, 2.05) is 0 Å². The fourth-order valence-corrected chi connectivity index (χ4v) is 2.61. The lowest BCUT2D eigenvalue weighted by Crippen LogP contribution is -2.35. The minimum Gasteiger partial charge on any atom is -0.441 e. The molecule has 0 aliphatic carbocycles. The minimum absolute atomic E-state index is 0.0852. The van der Waals surface area contributed by atoms with Crippen molar-refractivity contribution in [2.24, 2.45) is 0 Å². The lowest BCUT2D eigenvalue weighted by molar-refractivity contribution is -0.129. The molecule has 2 aromatic rings. The van der Waals surface area contributed by atoms with Crippen molar-refractivity contribution in [2.75, 3.05) is 13.2 Å². The first kappa shape index (κ1) is 15.7. The van der Waals surface area contributed by atoms with Gasteiger partial charge >= 0.3 is 0 Å². The van der Waals surface area contributed by atoms with Crippen LogP contribution in [-0.2, 0) is 16.0 Å². The number of amides is 1. The highest BCUT2D eigenvalue weighted by molar-refractivity contribution is 5.80. The fraction of sp³-hybridized carbons (Fsp3) is 0.412. The number of carbonyl (C=O) groups excluding carboxylic acids is 1. The number of nitrogens with zero attached hydrogens (tertiary/aromatic N) is 1. The lowest BCUT2D eigenvalue weighted by atomic mass is 10.2. The Morgan fingerprint density at radius 1 is 1.43 bits per heavy atom. The van der Waals surface area contributed by atoms with Gasteiger partial charge in [0.05, 0.1) is 11.3 Å². The molecule has 1 fully saturated rings. The van der Waals surface area contributed by atoms with E-state index in [1.165, 1.54) is 6.07 Å². The van der Waals surface area contributed by atoms with Gasteiger partial charge in [0.15, 0.2) is 0 Å². The van der Waals surface area contributed by atoms with Crippen LogP contribution in [0.5, 0.6) is 0 Å². The van der Waals surface area contributed by atoms with Crippen LogP contribution in [0.4, 0.5) is 4.39 Å². The maximum Gasteiger partial charge on any atom is 0.249 e. The molecule has 1 aromatic heterocycles. The van der Waals surface area contributed by atoms with E-state index in [1.54, 1.807) is 25.1 Å². The fourth-order valence-electron chi connectivity index (χ4n) is 2.61. The van der Waals surface area contributed by atoms with Gasteiger partial charge in [-0.15, -0.1) is 0 Å². The molecule has 6 heteroatoms. The first-order valence-corrected chi connectivity index (χ1v) is 7.75. The molecule has 0 radical (unpaired) electrons.